The Balaban J connectivity index is 2.43. The average molecular weight is 370 g/mol. The average Bonchev–Trinajstić information content (AvgIpc) is 2.67. The molecule has 0 bridgehead atoms. The van der Waals surface area contributed by atoms with Gasteiger partial charge in [0, 0.05) is 19.7 Å². The molecule has 0 atom stereocenters. The van der Waals surface area contributed by atoms with E-state index in [4.69, 9.17) is 19.9 Å². The molecule has 0 aromatic heterocycles. The van der Waals surface area contributed by atoms with Crippen molar-refractivity contribution < 1.29 is 19.0 Å². The van der Waals surface area contributed by atoms with E-state index in [1.165, 1.54) is 21.3 Å². The largest absolute Gasteiger partial charge is 0.493 e. The highest BCUT2D eigenvalue weighted by molar-refractivity contribution is 6.11. The van der Waals surface area contributed by atoms with E-state index in [1.807, 2.05) is 43.3 Å². The lowest BCUT2D eigenvalue weighted by molar-refractivity contribution is 0.103. The van der Waals surface area contributed by atoms with E-state index >= 15 is 0 Å². The van der Waals surface area contributed by atoms with Crippen molar-refractivity contribution >= 4 is 23.2 Å². The van der Waals surface area contributed by atoms with Crippen molar-refractivity contribution in [3.8, 4) is 17.2 Å². The van der Waals surface area contributed by atoms with E-state index in [-0.39, 0.29) is 5.78 Å². The van der Waals surface area contributed by atoms with Gasteiger partial charge in [-0.1, -0.05) is 6.07 Å². The molecule has 27 heavy (non-hydrogen) atoms. The quantitative estimate of drug-likeness (QED) is 0.456. The number of nitrogen functional groups attached to an aromatic ring is 1. The first-order chi connectivity index (χ1) is 12.8. The number of Topliss-reactive ketones (excluding diaryl/α,β-unsaturated/α-hetero) is 1. The molecule has 6 nitrogen and oxygen atoms in total. The molecule has 144 valence electrons. The maximum absolute atomic E-state index is 12.9. The molecule has 2 rings (SSSR count). The van der Waals surface area contributed by atoms with Gasteiger partial charge < -0.3 is 24.8 Å². The first-order valence-electron chi connectivity index (χ1n) is 8.42. The fraction of sp³-hybridized carbons (Fsp3) is 0.286. The van der Waals surface area contributed by atoms with Crippen LogP contribution < -0.4 is 24.8 Å². The number of nitrogens with zero attached hydrogens (tertiary/aromatic N) is 1. The third-order valence-electron chi connectivity index (χ3n) is 4.20. The minimum atomic E-state index is -0.127. The first-order valence-corrected chi connectivity index (χ1v) is 8.42. The monoisotopic (exact) mass is 370 g/mol. The molecule has 0 unspecified atom stereocenters. The van der Waals surface area contributed by atoms with Crippen molar-refractivity contribution in [2.24, 2.45) is 0 Å². The summed E-state index contributed by atoms with van der Waals surface area (Å²) in [5.41, 5.74) is 9.52. The number of nitrogens with two attached hydrogens (primary N) is 1. The molecule has 0 amide bonds. The Kier molecular flexibility index (Phi) is 6.34. The summed E-state index contributed by atoms with van der Waals surface area (Å²) < 4.78 is 16.0. The zero-order chi connectivity index (χ0) is 20.1. The van der Waals surface area contributed by atoms with Crippen LogP contribution in [0.1, 0.15) is 22.8 Å². The standard InChI is InChI=1S/C21H26N2O4/c1-13(9-14-7-8-16(22)17(10-14)23(2)3)20(24)15-11-18(25-4)21(27-6)19(12-15)26-5/h7-12H,22H2,1-6H3. The second-order valence-electron chi connectivity index (χ2n) is 6.28. The van der Waals surface area contributed by atoms with Gasteiger partial charge in [0.05, 0.1) is 32.7 Å². The second-order valence-corrected chi connectivity index (χ2v) is 6.28. The molecule has 0 radical (unpaired) electrons. The van der Waals surface area contributed by atoms with Gasteiger partial charge >= 0.3 is 0 Å². The van der Waals surface area contributed by atoms with Crippen molar-refractivity contribution in [3.05, 3.63) is 47.0 Å². The van der Waals surface area contributed by atoms with E-state index < -0.39 is 0 Å². The number of hydrogen-bond donors (Lipinski definition) is 1. The molecule has 2 aromatic rings. The highest BCUT2D eigenvalue weighted by Crippen LogP contribution is 2.38. The number of ether oxygens (including phenoxy) is 3. The van der Waals surface area contributed by atoms with Crippen LogP contribution in [0.5, 0.6) is 17.2 Å². The molecule has 0 aliphatic rings. The van der Waals surface area contributed by atoms with E-state index in [9.17, 15) is 4.79 Å². The van der Waals surface area contributed by atoms with E-state index in [1.54, 1.807) is 19.1 Å². The van der Waals surface area contributed by atoms with Gasteiger partial charge in [-0.05, 0) is 48.4 Å². The minimum absolute atomic E-state index is 0.127. The van der Waals surface area contributed by atoms with Crippen molar-refractivity contribution in [2.75, 3.05) is 46.1 Å². The number of anilines is 2. The molecule has 2 aromatic carbocycles. The number of hydrogen-bond acceptors (Lipinski definition) is 6. The smallest absolute Gasteiger partial charge is 0.203 e. The fourth-order valence-corrected chi connectivity index (χ4v) is 2.79. The predicted octanol–water partition coefficient (Wildman–Crippen LogP) is 3.65. The Labute approximate surface area is 160 Å². The Morgan fingerprint density at radius 3 is 2.07 bits per heavy atom. The van der Waals surface area contributed by atoms with E-state index in [2.05, 4.69) is 0 Å². The van der Waals surface area contributed by atoms with Crippen molar-refractivity contribution in [1.29, 1.82) is 0 Å². The summed E-state index contributed by atoms with van der Waals surface area (Å²) in [4.78, 5) is 14.8. The molecule has 0 saturated carbocycles. The van der Waals surface area contributed by atoms with Gasteiger partial charge in [-0.3, -0.25) is 4.79 Å². The number of carbonyl (C=O) groups excluding carboxylic acids is 1. The topological polar surface area (TPSA) is 74.0 Å². The maximum Gasteiger partial charge on any atom is 0.203 e. The number of methoxy groups -OCH3 is 3. The molecule has 0 spiro atoms. The summed E-state index contributed by atoms with van der Waals surface area (Å²) in [6.45, 7) is 1.78. The van der Waals surface area contributed by atoms with Gasteiger partial charge in [0.2, 0.25) is 5.75 Å². The Bertz CT molecular complexity index is 847. The van der Waals surface area contributed by atoms with Crippen LogP contribution in [0.15, 0.2) is 35.9 Å². The number of allylic oxidation sites excluding steroid dienone is 1. The number of carbonyl (C=O) groups is 1. The van der Waals surface area contributed by atoms with Crippen molar-refractivity contribution in [3.63, 3.8) is 0 Å². The zero-order valence-corrected chi connectivity index (χ0v) is 16.6. The number of ketones is 1. The molecule has 6 heteroatoms. The van der Waals surface area contributed by atoms with Crippen molar-refractivity contribution in [1.82, 2.24) is 0 Å². The molecule has 0 aliphatic carbocycles. The van der Waals surface area contributed by atoms with Crippen LogP contribution in [-0.4, -0.2) is 41.2 Å². The summed E-state index contributed by atoms with van der Waals surface area (Å²) in [5, 5.41) is 0. The summed E-state index contributed by atoms with van der Waals surface area (Å²) in [7, 11) is 8.41. The van der Waals surface area contributed by atoms with Crippen LogP contribution in [0.2, 0.25) is 0 Å². The first kappa shape index (κ1) is 20.2. The summed E-state index contributed by atoms with van der Waals surface area (Å²) in [5.74, 6) is 1.20. The van der Waals surface area contributed by atoms with E-state index in [0.29, 0.717) is 34.1 Å². The van der Waals surface area contributed by atoms with Crippen molar-refractivity contribution in [2.45, 2.75) is 6.92 Å². The zero-order valence-electron chi connectivity index (χ0n) is 16.6. The van der Waals surface area contributed by atoms with Gasteiger partial charge in [0.25, 0.3) is 0 Å². The predicted molar refractivity (Wildman–Crippen MR) is 109 cm³/mol. The molecule has 0 fully saturated rings. The van der Waals surface area contributed by atoms with Gasteiger partial charge in [0.1, 0.15) is 0 Å². The molecular weight excluding hydrogens is 344 g/mol. The van der Waals surface area contributed by atoms with Crippen LogP contribution in [0.4, 0.5) is 11.4 Å². The second kappa shape index (κ2) is 8.49. The lowest BCUT2D eigenvalue weighted by atomic mass is 10.0. The molecule has 2 N–H and O–H groups in total. The summed E-state index contributed by atoms with van der Waals surface area (Å²) in [6.07, 6.45) is 1.83. The van der Waals surface area contributed by atoms with Gasteiger partial charge in [-0.25, -0.2) is 0 Å². The SMILES string of the molecule is COc1cc(C(=O)C(C)=Cc2ccc(N)c(N(C)C)c2)cc(OC)c1OC. The molecular formula is C21H26N2O4. The van der Waals surface area contributed by atoms with Gasteiger partial charge in [0.15, 0.2) is 17.3 Å². The lowest BCUT2D eigenvalue weighted by Crippen LogP contribution is -2.11. The lowest BCUT2D eigenvalue weighted by Gasteiger charge is -2.16. The Morgan fingerprint density at radius 2 is 1.59 bits per heavy atom. The van der Waals surface area contributed by atoms with Crippen LogP contribution >= 0.6 is 0 Å². The van der Waals surface area contributed by atoms with Gasteiger partial charge in [-0.2, -0.15) is 0 Å². The molecule has 0 heterocycles. The van der Waals surface area contributed by atoms with E-state index in [0.717, 1.165) is 11.3 Å². The van der Waals surface area contributed by atoms with Crippen LogP contribution in [-0.2, 0) is 0 Å². The Hall–Kier alpha value is -3.15. The Morgan fingerprint density at radius 1 is 1.00 bits per heavy atom. The fourth-order valence-electron chi connectivity index (χ4n) is 2.79. The highest BCUT2D eigenvalue weighted by Gasteiger charge is 2.18. The molecule has 0 saturated heterocycles. The summed E-state index contributed by atoms with van der Waals surface area (Å²) in [6, 6.07) is 8.96. The maximum atomic E-state index is 12.9. The van der Waals surface area contributed by atoms with Gasteiger partial charge in [-0.15, -0.1) is 0 Å². The van der Waals surface area contributed by atoms with Crippen LogP contribution in [0.3, 0.4) is 0 Å². The number of rotatable bonds is 7. The number of benzene rings is 2. The summed E-state index contributed by atoms with van der Waals surface area (Å²) >= 11 is 0. The molecule has 0 aliphatic heterocycles. The van der Waals surface area contributed by atoms with Crippen LogP contribution in [0, 0.1) is 0 Å². The highest BCUT2D eigenvalue weighted by atomic mass is 16.5. The minimum Gasteiger partial charge on any atom is -0.493 e. The van der Waals surface area contributed by atoms with Crippen LogP contribution in [0.25, 0.3) is 6.08 Å². The third-order valence-corrected chi connectivity index (χ3v) is 4.20. The normalized spacial score (nSPS) is 11.1. The third kappa shape index (κ3) is 4.34.